The van der Waals surface area contributed by atoms with E-state index < -0.39 is 0 Å². The van der Waals surface area contributed by atoms with Gasteiger partial charge in [-0.1, -0.05) is 11.6 Å². The van der Waals surface area contributed by atoms with Crippen LogP contribution in [0.3, 0.4) is 0 Å². The number of pyridine rings is 2. The quantitative estimate of drug-likeness (QED) is 0.622. The van der Waals surface area contributed by atoms with Crippen LogP contribution in [-0.4, -0.2) is 46.6 Å². The molecule has 136 valence electrons. The van der Waals surface area contributed by atoms with E-state index in [1.54, 1.807) is 19.2 Å². The standard InChI is InChI=1S/C19H22ClN5O/c1-13(26)25-6-2-3-14(12-25)9-22-10-16(8-21)15-7-18-17(23-11-15)4-5-19(20)24-18/h4-5,7-8,10-11,14,21-22H,2-3,6,9,12H2,1H3/p+1/b16-10+,21-8?. The van der Waals surface area contributed by atoms with Crippen LogP contribution in [0.2, 0.25) is 5.15 Å². The predicted molar refractivity (Wildman–Crippen MR) is 103 cm³/mol. The van der Waals surface area contributed by atoms with Gasteiger partial charge < -0.3 is 15.6 Å². The lowest BCUT2D eigenvalue weighted by molar-refractivity contribution is -0.594. The summed E-state index contributed by atoms with van der Waals surface area (Å²) in [5.74, 6) is 0.630. The van der Waals surface area contributed by atoms with Gasteiger partial charge in [0.1, 0.15) is 11.4 Å². The Kier molecular flexibility index (Phi) is 5.96. The van der Waals surface area contributed by atoms with Crippen LogP contribution < -0.4 is 5.32 Å². The number of likely N-dealkylation sites (tertiary alicyclic amines) is 1. The summed E-state index contributed by atoms with van der Waals surface area (Å²) < 4.78 is 0. The number of halogens is 1. The van der Waals surface area contributed by atoms with Gasteiger partial charge in [-0.2, -0.15) is 0 Å². The fourth-order valence-corrected chi connectivity index (χ4v) is 3.45. The molecule has 7 heteroatoms. The van der Waals surface area contributed by atoms with Crippen molar-refractivity contribution in [2.75, 3.05) is 19.6 Å². The van der Waals surface area contributed by atoms with Gasteiger partial charge in [0.05, 0.1) is 23.2 Å². The first-order valence-corrected chi connectivity index (χ1v) is 9.17. The number of rotatable bonds is 5. The lowest BCUT2D eigenvalue weighted by Gasteiger charge is -2.30. The van der Waals surface area contributed by atoms with Crippen molar-refractivity contribution in [1.29, 1.82) is 5.41 Å². The summed E-state index contributed by atoms with van der Waals surface area (Å²) in [4.78, 5) is 22.1. The van der Waals surface area contributed by atoms with Crippen molar-refractivity contribution in [3.63, 3.8) is 0 Å². The second-order valence-electron chi connectivity index (χ2n) is 6.61. The molecule has 0 bridgehead atoms. The zero-order valence-corrected chi connectivity index (χ0v) is 15.5. The predicted octanol–water partition coefficient (Wildman–Crippen LogP) is 2.10. The van der Waals surface area contributed by atoms with Gasteiger partial charge in [-0.25, -0.2) is 4.98 Å². The highest BCUT2D eigenvalue weighted by Gasteiger charge is 2.22. The molecular weight excluding hydrogens is 350 g/mol. The van der Waals surface area contributed by atoms with Crippen molar-refractivity contribution < 1.29 is 10.1 Å². The zero-order chi connectivity index (χ0) is 18.5. The van der Waals surface area contributed by atoms with E-state index in [0.29, 0.717) is 16.6 Å². The molecule has 26 heavy (non-hydrogen) atoms. The second-order valence-corrected chi connectivity index (χ2v) is 6.99. The maximum Gasteiger partial charge on any atom is 0.219 e. The number of aromatic nitrogens is 2. The van der Waals surface area contributed by atoms with E-state index in [4.69, 9.17) is 17.0 Å². The fraction of sp³-hybridized carbons (Fsp3) is 0.368. The number of hydrogen-bond donors (Lipinski definition) is 2. The number of hydrogen-bond acceptors (Lipinski definition) is 4. The van der Waals surface area contributed by atoms with Crippen LogP contribution >= 0.6 is 11.6 Å². The molecule has 0 aliphatic carbocycles. The molecule has 2 aromatic rings. The van der Waals surface area contributed by atoms with Gasteiger partial charge in [-0.3, -0.25) is 9.78 Å². The highest BCUT2D eigenvalue weighted by atomic mass is 35.5. The van der Waals surface area contributed by atoms with Gasteiger partial charge in [-0.05, 0) is 31.0 Å². The first-order chi connectivity index (χ1) is 12.6. The maximum atomic E-state index is 11.5. The van der Waals surface area contributed by atoms with Crippen LogP contribution in [0.15, 0.2) is 30.6 Å². The second kappa shape index (κ2) is 8.38. The number of piperidine rings is 1. The van der Waals surface area contributed by atoms with Gasteiger partial charge in [0.25, 0.3) is 0 Å². The Morgan fingerprint density at radius 1 is 1.46 bits per heavy atom. The molecule has 0 aromatic carbocycles. The Morgan fingerprint density at radius 3 is 3.08 bits per heavy atom. The maximum absolute atomic E-state index is 11.5. The lowest BCUT2D eigenvalue weighted by Crippen LogP contribution is -2.80. The highest BCUT2D eigenvalue weighted by molar-refractivity contribution is 6.29. The highest BCUT2D eigenvalue weighted by Crippen LogP contribution is 2.18. The number of carbonyl (C=O) groups is 1. The average Bonchev–Trinajstić information content (AvgIpc) is 2.65. The van der Waals surface area contributed by atoms with E-state index in [0.717, 1.165) is 49.1 Å². The van der Waals surface area contributed by atoms with Crippen molar-refractivity contribution in [3.8, 4) is 0 Å². The van der Waals surface area contributed by atoms with E-state index in [1.165, 1.54) is 6.21 Å². The lowest BCUT2D eigenvalue weighted by atomic mass is 9.98. The summed E-state index contributed by atoms with van der Waals surface area (Å²) in [5, 5.41) is 10.2. The normalized spacial score (nSPS) is 18.2. The molecule has 6 nitrogen and oxygen atoms in total. The number of quaternary nitrogens is 1. The van der Waals surface area contributed by atoms with Crippen molar-refractivity contribution in [3.05, 3.63) is 41.3 Å². The molecule has 1 aliphatic heterocycles. The monoisotopic (exact) mass is 372 g/mol. The SMILES string of the molecule is CC(=O)N1CCCC(C[NH2+]/C=C(\C=N)c2cnc3ccc(Cl)nc3c2)C1. The van der Waals surface area contributed by atoms with Crippen molar-refractivity contribution in [2.24, 2.45) is 5.92 Å². The number of allylic oxidation sites excluding steroid dienone is 1. The minimum atomic E-state index is 0.152. The van der Waals surface area contributed by atoms with Gasteiger partial charge in [-0.15, -0.1) is 0 Å². The third-order valence-electron chi connectivity index (χ3n) is 4.72. The minimum Gasteiger partial charge on any atom is -0.342 e. The summed E-state index contributed by atoms with van der Waals surface area (Å²) in [7, 11) is 0. The molecule has 1 fully saturated rings. The van der Waals surface area contributed by atoms with Crippen LogP contribution in [0.1, 0.15) is 25.3 Å². The molecule has 2 aromatic heterocycles. The van der Waals surface area contributed by atoms with Crippen LogP contribution in [0.4, 0.5) is 0 Å². The molecule has 1 amide bonds. The summed E-state index contributed by atoms with van der Waals surface area (Å²) in [6, 6.07) is 5.45. The van der Waals surface area contributed by atoms with E-state index in [-0.39, 0.29) is 5.91 Å². The number of nitrogens with two attached hydrogens (primary N) is 1. The van der Waals surface area contributed by atoms with Crippen LogP contribution in [0.5, 0.6) is 0 Å². The molecule has 3 rings (SSSR count). The number of carbonyl (C=O) groups excluding carboxylic acids is 1. The van der Waals surface area contributed by atoms with Crippen LogP contribution in [0, 0.1) is 11.3 Å². The summed E-state index contributed by atoms with van der Waals surface area (Å²) in [5.41, 5.74) is 3.11. The van der Waals surface area contributed by atoms with Crippen molar-refractivity contribution >= 4 is 40.3 Å². The van der Waals surface area contributed by atoms with E-state index in [1.807, 2.05) is 23.2 Å². The Bertz CT molecular complexity index is 851. The third-order valence-corrected chi connectivity index (χ3v) is 4.93. The third kappa shape index (κ3) is 4.45. The largest absolute Gasteiger partial charge is 0.342 e. The molecule has 0 radical (unpaired) electrons. The molecule has 0 saturated carbocycles. The smallest absolute Gasteiger partial charge is 0.219 e. The summed E-state index contributed by atoms with van der Waals surface area (Å²) in [6.07, 6.45) is 7.22. The molecule has 1 saturated heterocycles. The summed E-state index contributed by atoms with van der Waals surface area (Å²) >= 11 is 5.96. The Hall–Kier alpha value is -2.31. The Balaban J connectivity index is 1.68. The molecule has 1 aliphatic rings. The molecule has 3 heterocycles. The van der Waals surface area contributed by atoms with Gasteiger partial charge in [0, 0.05) is 43.9 Å². The number of nitrogens with one attached hydrogen (secondary N) is 1. The molecular formula is C19H23ClN5O+. The van der Waals surface area contributed by atoms with E-state index >= 15 is 0 Å². The van der Waals surface area contributed by atoms with Gasteiger partial charge >= 0.3 is 0 Å². The first kappa shape index (κ1) is 18.5. The molecule has 1 atom stereocenters. The fourth-order valence-electron chi connectivity index (χ4n) is 3.30. The minimum absolute atomic E-state index is 0.152. The topological polar surface area (TPSA) is 86.5 Å². The van der Waals surface area contributed by atoms with Gasteiger partial charge in [0.15, 0.2) is 0 Å². The number of nitrogens with zero attached hydrogens (tertiary/aromatic N) is 3. The zero-order valence-electron chi connectivity index (χ0n) is 14.8. The average molecular weight is 373 g/mol. The number of fused-ring (bicyclic) bond motifs is 1. The Labute approximate surface area is 157 Å². The van der Waals surface area contributed by atoms with Crippen LogP contribution in [0.25, 0.3) is 16.6 Å². The van der Waals surface area contributed by atoms with Gasteiger partial charge in [0.2, 0.25) is 5.91 Å². The first-order valence-electron chi connectivity index (χ1n) is 8.79. The molecule has 0 spiro atoms. The van der Waals surface area contributed by atoms with Crippen molar-refractivity contribution in [2.45, 2.75) is 19.8 Å². The Morgan fingerprint density at radius 2 is 2.31 bits per heavy atom. The van der Waals surface area contributed by atoms with E-state index in [2.05, 4.69) is 15.3 Å². The molecule has 3 N–H and O–H groups in total. The molecule has 1 unspecified atom stereocenters. The van der Waals surface area contributed by atoms with E-state index in [9.17, 15) is 4.79 Å². The van der Waals surface area contributed by atoms with Crippen LogP contribution in [-0.2, 0) is 4.79 Å². The van der Waals surface area contributed by atoms with Crippen molar-refractivity contribution in [1.82, 2.24) is 14.9 Å². The number of amides is 1. The summed E-state index contributed by atoms with van der Waals surface area (Å²) in [6.45, 7) is 4.21.